The van der Waals surface area contributed by atoms with Gasteiger partial charge in [0.15, 0.2) is 5.01 Å². The second-order valence-electron chi connectivity index (χ2n) is 3.02. The van der Waals surface area contributed by atoms with E-state index in [1.54, 1.807) is 0 Å². The number of hydrogen-bond acceptors (Lipinski definition) is 3. The van der Waals surface area contributed by atoms with Gasteiger partial charge in [0, 0.05) is 10.9 Å². The van der Waals surface area contributed by atoms with Crippen LogP contribution in [0, 0.1) is 18.3 Å². The quantitative estimate of drug-likeness (QED) is 0.709. The van der Waals surface area contributed by atoms with Crippen molar-refractivity contribution >= 4 is 11.3 Å². The van der Waals surface area contributed by atoms with Crippen LogP contribution in [0.4, 0.5) is 0 Å². The molecule has 14 heavy (non-hydrogen) atoms. The monoisotopic (exact) mass is 200 g/mol. The maximum absolute atomic E-state index is 8.64. The normalized spacial score (nSPS) is 9.71. The molecule has 0 fully saturated rings. The lowest BCUT2D eigenvalue weighted by atomic mass is 10.1. The van der Waals surface area contributed by atoms with Crippen molar-refractivity contribution in [3.63, 3.8) is 0 Å². The van der Waals surface area contributed by atoms with Gasteiger partial charge in [0.05, 0.1) is 5.69 Å². The average molecular weight is 200 g/mol. The lowest BCUT2D eigenvalue weighted by Gasteiger charge is -1.96. The Morgan fingerprint density at radius 1 is 1.29 bits per heavy atom. The maximum Gasteiger partial charge on any atom is 0.194 e. The molecule has 1 heterocycles. The largest absolute Gasteiger partial charge is 0.226 e. The minimum absolute atomic E-state index is 0.514. The second-order valence-corrected chi connectivity index (χ2v) is 3.87. The first kappa shape index (κ1) is 8.92. The average Bonchev–Trinajstić information content (AvgIpc) is 2.67. The summed E-state index contributed by atoms with van der Waals surface area (Å²) in [5, 5.41) is 11.1. The molecule has 0 saturated carbocycles. The fourth-order valence-electron chi connectivity index (χ4n) is 1.18. The Kier molecular flexibility index (Phi) is 2.30. The topological polar surface area (TPSA) is 36.7 Å². The molecule has 0 bridgehead atoms. The maximum atomic E-state index is 8.64. The molecule has 1 aromatic heterocycles. The Bertz CT molecular complexity index is 477. The molecule has 0 amide bonds. The lowest BCUT2D eigenvalue weighted by Crippen LogP contribution is -1.78. The van der Waals surface area contributed by atoms with Crippen LogP contribution in [0.5, 0.6) is 0 Å². The van der Waals surface area contributed by atoms with Crippen LogP contribution < -0.4 is 0 Å². The van der Waals surface area contributed by atoms with Crippen LogP contribution in [-0.4, -0.2) is 4.98 Å². The SMILES string of the molecule is Cc1ccc(-c2csc(C#N)n2)cc1. The van der Waals surface area contributed by atoms with E-state index in [-0.39, 0.29) is 0 Å². The molecular weight excluding hydrogens is 192 g/mol. The number of rotatable bonds is 1. The third-order valence-corrected chi connectivity index (χ3v) is 2.69. The molecule has 0 aliphatic heterocycles. The Morgan fingerprint density at radius 2 is 2.00 bits per heavy atom. The van der Waals surface area contributed by atoms with Crippen molar-refractivity contribution in [1.82, 2.24) is 4.98 Å². The summed E-state index contributed by atoms with van der Waals surface area (Å²) in [6.07, 6.45) is 0. The molecule has 68 valence electrons. The third kappa shape index (κ3) is 1.66. The van der Waals surface area contributed by atoms with Crippen LogP contribution in [0.2, 0.25) is 0 Å². The number of nitriles is 1. The minimum atomic E-state index is 0.514. The minimum Gasteiger partial charge on any atom is -0.226 e. The van der Waals surface area contributed by atoms with Crippen molar-refractivity contribution in [2.75, 3.05) is 0 Å². The van der Waals surface area contributed by atoms with Gasteiger partial charge in [-0.2, -0.15) is 5.26 Å². The lowest BCUT2D eigenvalue weighted by molar-refractivity contribution is 1.34. The molecule has 2 aromatic rings. The summed E-state index contributed by atoms with van der Waals surface area (Å²) in [5.41, 5.74) is 3.17. The van der Waals surface area contributed by atoms with Gasteiger partial charge in [0.2, 0.25) is 0 Å². The second kappa shape index (κ2) is 3.60. The van der Waals surface area contributed by atoms with Crippen LogP contribution in [0.15, 0.2) is 29.6 Å². The van der Waals surface area contributed by atoms with Gasteiger partial charge in [-0.3, -0.25) is 0 Å². The Labute approximate surface area is 86.5 Å². The molecule has 2 nitrogen and oxygen atoms in total. The molecule has 0 unspecified atom stereocenters. The van der Waals surface area contributed by atoms with Gasteiger partial charge in [-0.25, -0.2) is 4.98 Å². The Balaban J connectivity index is 2.40. The molecule has 0 saturated heterocycles. The molecular formula is C11H8N2S. The van der Waals surface area contributed by atoms with Crippen molar-refractivity contribution in [2.24, 2.45) is 0 Å². The van der Waals surface area contributed by atoms with Crippen molar-refractivity contribution < 1.29 is 0 Å². The number of aryl methyl sites for hydroxylation is 1. The van der Waals surface area contributed by atoms with Crippen LogP contribution in [0.1, 0.15) is 10.6 Å². The highest BCUT2D eigenvalue weighted by atomic mass is 32.1. The summed E-state index contributed by atoms with van der Waals surface area (Å²) >= 11 is 1.38. The standard InChI is InChI=1S/C11H8N2S/c1-8-2-4-9(5-3-8)10-7-14-11(6-12)13-10/h2-5,7H,1H3. The first-order valence-corrected chi connectivity index (χ1v) is 5.10. The number of nitrogens with zero attached hydrogens (tertiary/aromatic N) is 2. The van der Waals surface area contributed by atoms with E-state index in [2.05, 4.69) is 4.98 Å². The number of benzene rings is 1. The Hall–Kier alpha value is -1.66. The van der Waals surface area contributed by atoms with E-state index in [0.29, 0.717) is 5.01 Å². The highest BCUT2D eigenvalue weighted by molar-refractivity contribution is 7.10. The summed E-state index contributed by atoms with van der Waals surface area (Å²) in [6.45, 7) is 2.05. The van der Waals surface area contributed by atoms with Crippen molar-refractivity contribution in [2.45, 2.75) is 6.92 Å². The molecule has 0 N–H and O–H groups in total. The smallest absolute Gasteiger partial charge is 0.194 e. The first-order chi connectivity index (χ1) is 6.79. The molecule has 2 rings (SSSR count). The van der Waals surface area contributed by atoms with E-state index >= 15 is 0 Å². The van der Waals surface area contributed by atoms with E-state index in [0.717, 1.165) is 11.3 Å². The van der Waals surface area contributed by atoms with Crippen molar-refractivity contribution in [1.29, 1.82) is 5.26 Å². The molecule has 0 spiro atoms. The molecule has 3 heteroatoms. The zero-order valence-electron chi connectivity index (χ0n) is 7.69. The summed E-state index contributed by atoms with van der Waals surface area (Å²) < 4.78 is 0. The number of thiazole rings is 1. The predicted octanol–water partition coefficient (Wildman–Crippen LogP) is 2.99. The van der Waals surface area contributed by atoms with E-state index in [4.69, 9.17) is 5.26 Å². The van der Waals surface area contributed by atoms with Gasteiger partial charge in [-0.05, 0) is 6.92 Å². The van der Waals surface area contributed by atoms with Crippen molar-refractivity contribution in [3.8, 4) is 17.3 Å². The van der Waals surface area contributed by atoms with Gasteiger partial charge in [-0.1, -0.05) is 29.8 Å². The van der Waals surface area contributed by atoms with Gasteiger partial charge in [-0.15, -0.1) is 11.3 Å². The molecule has 0 aliphatic rings. The van der Waals surface area contributed by atoms with Crippen molar-refractivity contribution in [3.05, 3.63) is 40.2 Å². The van der Waals surface area contributed by atoms with E-state index in [1.807, 2.05) is 42.6 Å². The summed E-state index contributed by atoms with van der Waals surface area (Å²) in [4.78, 5) is 4.19. The summed E-state index contributed by atoms with van der Waals surface area (Å²) in [5.74, 6) is 0. The third-order valence-electron chi connectivity index (χ3n) is 1.95. The summed E-state index contributed by atoms with van der Waals surface area (Å²) in [6, 6.07) is 10.2. The number of aromatic nitrogens is 1. The van der Waals surface area contributed by atoms with Crippen LogP contribution in [0.25, 0.3) is 11.3 Å². The predicted molar refractivity (Wildman–Crippen MR) is 57.0 cm³/mol. The van der Waals surface area contributed by atoms with Gasteiger partial charge in [0.25, 0.3) is 0 Å². The molecule has 0 aliphatic carbocycles. The highest BCUT2D eigenvalue weighted by Gasteiger charge is 2.02. The van der Waals surface area contributed by atoms with Gasteiger partial charge >= 0.3 is 0 Å². The first-order valence-electron chi connectivity index (χ1n) is 4.22. The van der Waals surface area contributed by atoms with Gasteiger partial charge < -0.3 is 0 Å². The molecule has 0 radical (unpaired) electrons. The van der Waals surface area contributed by atoms with Crippen LogP contribution in [-0.2, 0) is 0 Å². The fraction of sp³-hybridized carbons (Fsp3) is 0.0909. The summed E-state index contributed by atoms with van der Waals surface area (Å²) in [7, 11) is 0. The molecule has 0 atom stereocenters. The van der Waals surface area contributed by atoms with Gasteiger partial charge in [0.1, 0.15) is 6.07 Å². The number of hydrogen-bond donors (Lipinski definition) is 0. The zero-order valence-corrected chi connectivity index (χ0v) is 8.51. The van der Waals surface area contributed by atoms with E-state index in [1.165, 1.54) is 16.9 Å². The van der Waals surface area contributed by atoms with Crippen LogP contribution >= 0.6 is 11.3 Å². The van der Waals surface area contributed by atoms with E-state index in [9.17, 15) is 0 Å². The molecule has 1 aromatic carbocycles. The van der Waals surface area contributed by atoms with Crippen LogP contribution in [0.3, 0.4) is 0 Å². The van der Waals surface area contributed by atoms with E-state index < -0.39 is 0 Å². The zero-order chi connectivity index (χ0) is 9.97. The highest BCUT2D eigenvalue weighted by Crippen LogP contribution is 2.21. The fourth-order valence-corrected chi connectivity index (χ4v) is 1.80. The Morgan fingerprint density at radius 3 is 2.57 bits per heavy atom.